The van der Waals surface area contributed by atoms with Gasteiger partial charge < -0.3 is 10.1 Å². The van der Waals surface area contributed by atoms with E-state index in [2.05, 4.69) is 35.1 Å². The molecule has 0 spiro atoms. The Kier molecular flexibility index (Phi) is 5.37. The molecule has 0 saturated carbocycles. The van der Waals surface area contributed by atoms with E-state index in [1.807, 2.05) is 18.2 Å². The van der Waals surface area contributed by atoms with Crippen LogP contribution in [-0.4, -0.2) is 6.54 Å². The molecule has 0 fully saturated rings. The standard InChI is InChI=1S/C17H19BrFNO/c1-4-20-12(3)15-7-5-13(18)10-17(15)21-14-6-8-16(19)11(2)9-14/h5-10,12,20H,4H2,1-3H3. The minimum atomic E-state index is -0.224. The molecule has 0 aromatic heterocycles. The second-order valence-corrected chi connectivity index (χ2v) is 5.89. The van der Waals surface area contributed by atoms with Crippen molar-refractivity contribution < 1.29 is 9.13 Å². The average molecular weight is 352 g/mol. The van der Waals surface area contributed by atoms with Crippen molar-refractivity contribution in [3.05, 3.63) is 57.8 Å². The fourth-order valence-electron chi connectivity index (χ4n) is 2.18. The zero-order chi connectivity index (χ0) is 15.4. The van der Waals surface area contributed by atoms with E-state index in [1.165, 1.54) is 6.07 Å². The van der Waals surface area contributed by atoms with Gasteiger partial charge in [-0.1, -0.05) is 28.9 Å². The molecule has 0 aliphatic rings. The lowest BCUT2D eigenvalue weighted by molar-refractivity contribution is 0.460. The highest BCUT2D eigenvalue weighted by Gasteiger charge is 2.12. The van der Waals surface area contributed by atoms with E-state index < -0.39 is 0 Å². The van der Waals surface area contributed by atoms with Crippen LogP contribution in [-0.2, 0) is 0 Å². The van der Waals surface area contributed by atoms with Crippen LogP contribution < -0.4 is 10.1 Å². The number of ether oxygens (including phenoxy) is 1. The lowest BCUT2D eigenvalue weighted by atomic mass is 10.1. The molecule has 1 N–H and O–H groups in total. The van der Waals surface area contributed by atoms with E-state index >= 15 is 0 Å². The maximum atomic E-state index is 13.3. The van der Waals surface area contributed by atoms with Gasteiger partial charge in [-0.25, -0.2) is 4.39 Å². The molecule has 0 radical (unpaired) electrons. The Morgan fingerprint density at radius 2 is 2.00 bits per heavy atom. The van der Waals surface area contributed by atoms with Crippen LogP contribution in [0.25, 0.3) is 0 Å². The summed E-state index contributed by atoms with van der Waals surface area (Å²) in [4.78, 5) is 0. The average Bonchev–Trinajstić information content (AvgIpc) is 2.43. The van der Waals surface area contributed by atoms with Crippen LogP contribution in [0.15, 0.2) is 40.9 Å². The third kappa shape index (κ3) is 4.05. The zero-order valence-electron chi connectivity index (χ0n) is 12.4. The minimum absolute atomic E-state index is 0.180. The van der Waals surface area contributed by atoms with Crippen molar-refractivity contribution in [2.24, 2.45) is 0 Å². The van der Waals surface area contributed by atoms with Gasteiger partial charge in [0.05, 0.1) is 0 Å². The SMILES string of the molecule is CCNC(C)c1ccc(Br)cc1Oc1ccc(F)c(C)c1. The van der Waals surface area contributed by atoms with Crippen LogP contribution in [0.4, 0.5) is 4.39 Å². The van der Waals surface area contributed by atoms with Crippen molar-refractivity contribution in [2.75, 3.05) is 6.54 Å². The topological polar surface area (TPSA) is 21.3 Å². The van der Waals surface area contributed by atoms with Crippen LogP contribution in [0.5, 0.6) is 11.5 Å². The monoisotopic (exact) mass is 351 g/mol. The Hall–Kier alpha value is -1.39. The molecule has 1 unspecified atom stereocenters. The van der Waals surface area contributed by atoms with Gasteiger partial charge in [-0.2, -0.15) is 0 Å². The number of aryl methyl sites for hydroxylation is 1. The molecule has 0 aliphatic heterocycles. The summed E-state index contributed by atoms with van der Waals surface area (Å²) in [6.07, 6.45) is 0. The predicted molar refractivity (Wildman–Crippen MR) is 87.4 cm³/mol. The largest absolute Gasteiger partial charge is 0.457 e. The Morgan fingerprint density at radius 1 is 1.24 bits per heavy atom. The fourth-order valence-corrected chi connectivity index (χ4v) is 2.52. The van der Waals surface area contributed by atoms with Crippen LogP contribution in [0.3, 0.4) is 0 Å². The maximum absolute atomic E-state index is 13.3. The third-order valence-electron chi connectivity index (χ3n) is 3.31. The minimum Gasteiger partial charge on any atom is -0.457 e. The first-order valence-corrected chi connectivity index (χ1v) is 7.77. The molecular weight excluding hydrogens is 333 g/mol. The van der Waals surface area contributed by atoms with Gasteiger partial charge >= 0.3 is 0 Å². The summed E-state index contributed by atoms with van der Waals surface area (Å²) in [5.41, 5.74) is 1.64. The predicted octanol–water partition coefficient (Wildman–Crippen LogP) is 5.36. The van der Waals surface area contributed by atoms with Crippen molar-refractivity contribution in [1.82, 2.24) is 5.32 Å². The molecule has 4 heteroatoms. The number of halogens is 2. The number of nitrogens with one attached hydrogen (secondary N) is 1. The van der Waals surface area contributed by atoms with Gasteiger partial charge in [0.15, 0.2) is 0 Å². The molecule has 1 atom stereocenters. The summed E-state index contributed by atoms with van der Waals surface area (Å²) >= 11 is 3.46. The normalized spacial score (nSPS) is 12.2. The van der Waals surface area contributed by atoms with Crippen molar-refractivity contribution in [1.29, 1.82) is 0 Å². The summed E-state index contributed by atoms with van der Waals surface area (Å²) in [6, 6.07) is 10.9. The van der Waals surface area contributed by atoms with Gasteiger partial charge in [0.1, 0.15) is 17.3 Å². The highest BCUT2D eigenvalue weighted by molar-refractivity contribution is 9.10. The number of hydrogen-bond donors (Lipinski definition) is 1. The summed E-state index contributed by atoms with van der Waals surface area (Å²) in [7, 11) is 0. The molecule has 0 aliphatic carbocycles. The molecule has 21 heavy (non-hydrogen) atoms. The highest BCUT2D eigenvalue weighted by atomic mass is 79.9. The van der Waals surface area contributed by atoms with Crippen LogP contribution in [0, 0.1) is 12.7 Å². The molecule has 2 rings (SSSR count). The Bertz CT molecular complexity index is 630. The molecule has 2 nitrogen and oxygen atoms in total. The quantitative estimate of drug-likeness (QED) is 0.782. The van der Waals surface area contributed by atoms with Crippen LogP contribution in [0.1, 0.15) is 31.0 Å². The van der Waals surface area contributed by atoms with Gasteiger partial charge in [-0.05, 0) is 56.3 Å². The molecule has 0 heterocycles. The molecule has 0 saturated heterocycles. The van der Waals surface area contributed by atoms with Crippen molar-refractivity contribution in [3.63, 3.8) is 0 Å². The van der Waals surface area contributed by atoms with Crippen LogP contribution in [0.2, 0.25) is 0 Å². The zero-order valence-corrected chi connectivity index (χ0v) is 14.0. The first-order valence-electron chi connectivity index (χ1n) is 6.98. The molecule has 0 amide bonds. The van der Waals surface area contributed by atoms with E-state index in [4.69, 9.17) is 4.74 Å². The molecule has 2 aromatic carbocycles. The fraction of sp³-hybridized carbons (Fsp3) is 0.294. The van der Waals surface area contributed by atoms with Crippen molar-refractivity contribution in [2.45, 2.75) is 26.8 Å². The van der Waals surface area contributed by atoms with Gasteiger partial charge in [-0.3, -0.25) is 0 Å². The third-order valence-corrected chi connectivity index (χ3v) is 3.80. The molecule has 112 valence electrons. The molecule has 2 aromatic rings. The highest BCUT2D eigenvalue weighted by Crippen LogP contribution is 2.32. The second kappa shape index (κ2) is 7.05. The van der Waals surface area contributed by atoms with Gasteiger partial charge in [-0.15, -0.1) is 0 Å². The maximum Gasteiger partial charge on any atom is 0.133 e. The summed E-state index contributed by atoms with van der Waals surface area (Å²) in [5, 5.41) is 3.37. The lowest BCUT2D eigenvalue weighted by Crippen LogP contribution is -2.18. The first kappa shape index (κ1) is 16.0. The van der Waals surface area contributed by atoms with Gasteiger partial charge in [0, 0.05) is 16.1 Å². The lowest BCUT2D eigenvalue weighted by Gasteiger charge is -2.18. The number of rotatable bonds is 5. The molecule has 0 bridgehead atoms. The van der Waals surface area contributed by atoms with E-state index in [0.29, 0.717) is 11.3 Å². The van der Waals surface area contributed by atoms with Gasteiger partial charge in [0.2, 0.25) is 0 Å². The Balaban J connectivity index is 2.33. The Morgan fingerprint density at radius 3 is 2.67 bits per heavy atom. The summed E-state index contributed by atoms with van der Waals surface area (Å²) in [6.45, 7) is 6.77. The summed E-state index contributed by atoms with van der Waals surface area (Å²) in [5.74, 6) is 1.18. The van der Waals surface area contributed by atoms with Crippen LogP contribution >= 0.6 is 15.9 Å². The van der Waals surface area contributed by atoms with E-state index in [0.717, 1.165) is 22.3 Å². The Labute approximate surface area is 133 Å². The van der Waals surface area contributed by atoms with E-state index in [1.54, 1.807) is 19.1 Å². The molecular formula is C17H19BrFNO. The summed E-state index contributed by atoms with van der Waals surface area (Å²) < 4.78 is 20.2. The first-order chi connectivity index (χ1) is 10.0. The van der Waals surface area contributed by atoms with Crippen molar-refractivity contribution in [3.8, 4) is 11.5 Å². The van der Waals surface area contributed by atoms with Gasteiger partial charge in [0.25, 0.3) is 0 Å². The van der Waals surface area contributed by atoms with Crippen molar-refractivity contribution >= 4 is 15.9 Å². The smallest absolute Gasteiger partial charge is 0.133 e. The second-order valence-electron chi connectivity index (χ2n) is 4.97. The number of hydrogen-bond acceptors (Lipinski definition) is 2. The van der Waals surface area contributed by atoms with E-state index in [9.17, 15) is 4.39 Å². The van der Waals surface area contributed by atoms with E-state index in [-0.39, 0.29) is 11.9 Å². The number of benzene rings is 2.